The monoisotopic (exact) mass is 282 g/mol. The first-order valence-electron chi connectivity index (χ1n) is 7.03. The van der Waals surface area contributed by atoms with Crippen molar-refractivity contribution in [3.63, 3.8) is 0 Å². The van der Waals surface area contributed by atoms with E-state index in [0.717, 1.165) is 23.3 Å². The molecule has 1 aromatic heterocycles. The van der Waals surface area contributed by atoms with Crippen LogP contribution in [0.15, 0.2) is 11.4 Å². The number of carbonyl (C=O) groups is 1. The summed E-state index contributed by atoms with van der Waals surface area (Å²) in [5.41, 5.74) is 0.969. The van der Waals surface area contributed by atoms with Gasteiger partial charge in [-0.25, -0.2) is 4.98 Å². The number of nitrogens with zero attached hydrogens (tertiary/aromatic N) is 2. The minimum atomic E-state index is -0.788. The van der Waals surface area contributed by atoms with Gasteiger partial charge in [0.2, 0.25) is 0 Å². The number of carboxylic acid groups (broad SMARTS) is 1. The first kappa shape index (κ1) is 14.4. The summed E-state index contributed by atoms with van der Waals surface area (Å²) in [7, 11) is 0. The summed E-state index contributed by atoms with van der Waals surface area (Å²) < 4.78 is 2.12. The molecule has 0 atom stereocenters. The number of rotatable bonds is 6. The maximum absolute atomic E-state index is 10.6. The van der Waals surface area contributed by atoms with E-state index in [4.69, 9.17) is 5.11 Å². The fourth-order valence-corrected chi connectivity index (χ4v) is 3.49. The third-order valence-electron chi connectivity index (χ3n) is 3.69. The highest BCUT2D eigenvalue weighted by atomic mass is 32.2. The number of aliphatic carboxylic acids is 1. The number of aryl methyl sites for hydroxylation is 2. The fraction of sp³-hybridized carbons (Fsp3) is 0.714. The van der Waals surface area contributed by atoms with Crippen molar-refractivity contribution in [1.82, 2.24) is 9.55 Å². The van der Waals surface area contributed by atoms with Crippen molar-refractivity contribution >= 4 is 17.7 Å². The van der Waals surface area contributed by atoms with Gasteiger partial charge in [0.25, 0.3) is 0 Å². The SMILES string of the molecule is Cc1cn(CCC2CCCCC2)c(SCC(=O)O)n1. The van der Waals surface area contributed by atoms with E-state index in [-0.39, 0.29) is 5.75 Å². The Morgan fingerprint density at radius 2 is 2.21 bits per heavy atom. The summed E-state index contributed by atoms with van der Waals surface area (Å²) in [6.07, 6.45) is 10.1. The Bertz CT molecular complexity index is 425. The lowest BCUT2D eigenvalue weighted by Gasteiger charge is -2.21. The lowest BCUT2D eigenvalue weighted by atomic mass is 9.87. The van der Waals surface area contributed by atoms with Gasteiger partial charge in [0, 0.05) is 12.7 Å². The second kappa shape index (κ2) is 6.98. The Morgan fingerprint density at radius 3 is 2.89 bits per heavy atom. The van der Waals surface area contributed by atoms with Crippen molar-refractivity contribution in [1.29, 1.82) is 0 Å². The minimum Gasteiger partial charge on any atom is -0.481 e. The normalized spacial score (nSPS) is 16.7. The molecule has 0 bridgehead atoms. The Balaban J connectivity index is 1.89. The van der Waals surface area contributed by atoms with Crippen molar-refractivity contribution in [2.24, 2.45) is 5.92 Å². The van der Waals surface area contributed by atoms with Gasteiger partial charge in [0.05, 0.1) is 11.4 Å². The van der Waals surface area contributed by atoms with Crippen molar-refractivity contribution in [3.8, 4) is 0 Å². The van der Waals surface area contributed by atoms with Crippen LogP contribution in [0, 0.1) is 12.8 Å². The van der Waals surface area contributed by atoms with Crippen LogP contribution in [0.1, 0.15) is 44.2 Å². The van der Waals surface area contributed by atoms with E-state index in [1.165, 1.54) is 50.3 Å². The van der Waals surface area contributed by atoms with Crippen LogP contribution in [0.4, 0.5) is 0 Å². The minimum absolute atomic E-state index is 0.0832. The second-order valence-corrected chi connectivity index (χ2v) is 6.28. The molecule has 1 N–H and O–H groups in total. The molecular weight excluding hydrogens is 260 g/mol. The first-order valence-corrected chi connectivity index (χ1v) is 8.02. The second-order valence-electron chi connectivity index (χ2n) is 5.33. The molecule has 0 amide bonds. The summed E-state index contributed by atoms with van der Waals surface area (Å²) >= 11 is 1.31. The lowest BCUT2D eigenvalue weighted by Crippen LogP contribution is -2.10. The van der Waals surface area contributed by atoms with Gasteiger partial charge in [-0.3, -0.25) is 4.79 Å². The van der Waals surface area contributed by atoms with Crippen molar-refractivity contribution < 1.29 is 9.90 Å². The summed E-state index contributed by atoms with van der Waals surface area (Å²) in [5.74, 6) is 0.137. The molecule has 0 saturated heterocycles. The predicted molar refractivity (Wildman–Crippen MR) is 76.5 cm³/mol. The number of hydrogen-bond acceptors (Lipinski definition) is 3. The Kier molecular flexibility index (Phi) is 5.31. The van der Waals surface area contributed by atoms with Crippen LogP contribution in [0.2, 0.25) is 0 Å². The number of aromatic nitrogens is 2. The Morgan fingerprint density at radius 1 is 1.47 bits per heavy atom. The van der Waals surface area contributed by atoms with Crippen LogP contribution in [0.5, 0.6) is 0 Å². The summed E-state index contributed by atoms with van der Waals surface area (Å²) in [6.45, 7) is 2.93. The zero-order valence-corrected chi connectivity index (χ0v) is 12.3. The number of carboxylic acids is 1. The average Bonchev–Trinajstić information content (AvgIpc) is 2.75. The van der Waals surface area contributed by atoms with Gasteiger partial charge in [0.1, 0.15) is 0 Å². The van der Waals surface area contributed by atoms with Gasteiger partial charge in [-0.2, -0.15) is 0 Å². The van der Waals surface area contributed by atoms with Crippen LogP contribution in [-0.4, -0.2) is 26.4 Å². The molecule has 1 heterocycles. The van der Waals surface area contributed by atoms with Gasteiger partial charge >= 0.3 is 5.97 Å². The molecule has 0 spiro atoms. The molecule has 1 fully saturated rings. The molecule has 0 radical (unpaired) electrons. The largest absolute Gasteiger partial charge is 0.481 e. The predicted octanol–water partition coefficient (Wildman–Crippen LogP) is 3.34. The molecule has 2 rings (SSSR count). The topological polar surface area (TPSA) is 55.1 Å². The molecule has 5 heteroatoms. The number of imidazole rings is 1. The highest BCUT2D eigenvalue weighted by Gasteiger charge is 2.15. The van der Waals surface area contributed by atoms with Gasteiger partial charge in [-0.15, -0.1) is 0 Å². The van der Waals surface area contributed by atoms with Gasteiger partial charge in [-0.05, 0) is 19.3 Å². The smallest absolute Gasteiger partial charge is 0.313 e. The third kappa shape index (κ3) is 4.56. The molecule has 1 saturated carbocycles. The van der Waals surface area contributed by atoms with Gasteiger partial charge in [-0.1, -0.05) is 43.9 Å². The van der Waals surface area contributed by atoms with Crippen LogP contribution < -0.4 is 0 Å². The van der Waals surface area contributed by atoms with E-state index in [0.29, 0.717) is 0 Å². The average molecular weight is 282 g/mol. The number of thioether (sulfide) groups is 1. The molecule has 4 nitrogen and oxygen atoms in total. The summed E-state index contributed by atoms with van der Waals surface area (Å²) in [5, 5.41) is 9.59. The highest BCUT2D eigenvalue weighted by Crippen LogP contribution is 2.27. The van der Waals surface area contributed by atoms with Crippen LogP contribution >= 0.6 is 11.8 Å². The standard InChI is InChI=1S/C14H22N2O2S/c1-11-9-16(14(15-11)19-10-13(17)18)8-7-12-5-3-2-4-6-12/h9,12H,2-8,10H2,1H3,(H,17,18). The highest BCUT2D eigenvalue weighted by molar-refractivity contribution is 7.99. The van der Waals surface area contributed by atoms with Gasteiger partial charge < -0.3 is 9.67 Å². The van der Waals surface area contributed by atoms with Crippen molar-refractivity contribution in [3.05, 3.63) is 11.9 Å². The molecule has 1 aromatic rings. The molecule has 19 heavy (non-hydrogen) atoms. The fourth-order valence-electron chi connectivity index (χ4n) is 2.72. The molecule has 0 aromatic carbocycles. The van der Waals surface area contributed by atoms with E-state index in [1.807, 2.05) is 13.1 Å². The summed E-state index contributed by atoms with van der Waals surface area (Å²) in [6, 6.07) is 0. The Labute approximate surface area is 118 Å². The molecule has 0 unspecified atom stereocenters. The quantitative estimate of drug-likeness (QED) is 0.813. The van der Waals surface area contributed by atoms with E-state index < -0.39 is 5.97 Å². The maximum Gasteiger partial charge on any atom is 0.313 e. The van der Waals surface area contributed by atoms with Gasteiger partial charge in [0.15, 0.2) is 5.16 Å². The van der Waals surface area contributed by atoms with E-state index in [2.05, 4.69) is 9.55 Å². The zero-order chi connectivity index (χ0) is 13.7. The summed E-state index contributed by atoms with van der Waals surface area (Å²) in [4.78, 5) is 15.0. The van der Waals surface area contributed by atoms with Crippen LogP contribution in [-0.2, 0) is 11.3 Å². The van der Waals surface area contributed by atoms with E-state index in [1.54, 1.807) is 0 Å². The van der Waals surface area contributed by atoms with E-state index in [9.17, 15) is 4.79 Å². The van der Waals surface area contributed by atoms with E-state index >= 15 is 0 Å². The first-order chi connectivity index (χ1) is 9.15. The Hall–Kier alpha value is -0.970. The van der Waals surface area contributed by atoms with Crippen molar-refractivity contribution in [2.45, 2.75) is 57.1 Å². The zero-order valence-electron chi connectivity index (χ0n) is 11.5. The maximum atomic E-state index is 10.6. The van der Waals surface area contributed by atoms with Crippen LogP contribution in [0.25, 0.3) is 0 Å². The van der Waals surface area contributed by atoms with Crippen LogP contribution in [0.3, 0.4) is 0 Å². The lowest BCUT2D eigenvalue weighted by molar-refractivity contribution is -0.133. The third-order valence-corrected chi connectivity index (χ3v) is 4.66. The molecule has 0 aliphatic heterocycles. The molecule has 1 aliphatic carbocycles. The molecular formula is C14H22N2O2S. The van der Waals surface area contributed by atoms with Crippen molar-refractivity contribution in [2.75, 3.05) is 5.75 Å². The molecule has 1 aliphatic rings. The number of hydrogen-bond donors (Lipinski definition) is 1. The molecule has 106 valence electrons.